The van der Waals surface area contributed by atoms with Gasteiger partial charge in [0, 0.05) is 0 Å². The molecule has 0 aliphatic heterocycles. The van der Waals surface area contributed by atoms with Crippen LogP contribution in [0.25, 0.3) is 0 Å². The second-order valence-electron chi connectivity index (χ2n) is 2.19. The van der Waals surface area contributed by atoms with E-state index in [1.165, 1.54) is 0 Å². The predicted octanol–water partition coefficient (Wildman–Crippen LogP) is 1.89. The Kier molecular flexibility index (Phi) is 2.26. The highest BCUT2D eigenvalue weighted by atomic mass is 16.5. The van der Waals surface area contributed by atoms with Crippen molar-refractivity contribution < 1.29 is 9.47 Å². The van der Waals surface area contributed by atoms with Crippen LogP contribution in [-0.4, -0.2) is 14.2 Å². The number of rotatable bonds is 2. The predicted molar refractivity (Wildman–Crippen MR) is 44.0 cm³/mol. The average Bonchev–Trinajstić information content (AvgIpc) is 2.04. The van der Waals surface area contributed by atoms with Crippen LogP contribution in [0.1, 0.15) is 5.56 Å². The maximum Gasteiger partial charge on any atom is 0.136 e. The molecule has 60 valence electrons. The molecule has 0 spiro atoms. The molecule has 0 aliphatic rings. The minimum Gasteiger partial charge on any atom is -0.506 e. The number of hydrogen-bond donors (Lipinski definition) is 0. The van der Waals surface area contributed by atoms with Gasteiger partial charge in [0.05, 0.1) is 14.2 Å². The lowest BCUT2D eigenvalue weighted by molar-refractivity contribution is 0.355. The maximum absolute atomic E-state index is 5.05. The summed E-state index contributed by atoms with van der Waals surface area (Å²) in [6.07, 6.45) is 0. The molecule has 1 aromatic carbocycles. The fraction of sp³-hybridized carbons (Fsp3) is 0.222. The van der Waals surface area contributed by atoms with Gasteiger partial charge in [-0.05, 0) is 0 Å². The SMILES string of the molecule is [CH2-]c1ccc(OC)c(OC)c1. The molecular formula is C9H11O2-. The van der Waals surface area contributed by atoms with Crippen molar-refractivity contribution in [1.29, 1.82) is 0 Å². The molecule has 2 nitrogen and oxygen atoms in total. The third kappa shape index (κ3) is 1.58. The molecule has 1 aromatic rings. The topological polar surface area (TPSA) is 18.5 Å². The van der Waals surface area contributed by atoms with Gasteiger partial charge in [-0.15, -0.1) is 6.07 Å². The minimum absolute atomic E-state index is 0.722. The molecule has 1 rings (SSSR count). The van der Waals surface area contributed by atoms with Gasteiger partial charge in [-0.2, -0.15) is 18.6 Å². The Morgan fingerprint density at radius 2 is 1.73 bits per heavy atom. The van der Waals surface area contributed by atoms with Gasteiger partial charge in [0.25, 0.3) is 0 Å². The molecule has 0 aromatic heterocycles. The highest BCUT2D eigenvalue weighted by Crippen LogP contribution is 2.26. The van der Waals surface area contributed by atoms with Crippen LogP contribution >= 0.6 is 0 Å². The molecule has 0 radical (unpaired) electrons. The van der Waals surface area contributed by atoms with Gasteiger partial charge in [0.2, 0.25) is 0 Å². The van der Waals surface area contributed by atoms with Crippen molar-refractivity contribution >= 4 is 0 Å². The van der Waals surface area contributed by atoms with E-state index < -0.39 is 0 Å². The molecule has 11 heavy (non-hydrogen) atoms. The molecule has 0 bridgehead atoms. The van der Waals surface area contributed by atoms with E-state index in [4.69, 9.17) is 9.47 Å². The first kappa shape index (κ1) is 7.79. The normalized spacial score (nSPS) is 9.27. The Morgan fingerprint density at radius 1 is 1.09 bits per heavy atom. The zero-order valence-corrected chi connectivity index (χ0v) is 6.76. The summed E-state index contributed by atoms with van der Waals surface area (Å²) in [5, 5.41) is 0. The van der Waals surface area contributed by atoms with E-state index in [1.807, 2.05) is 18.2 Å². The summed E-state index contributed by atoms with van der Waals surface area (Å²) in [7, 11) is 3.22. The summed E-state index contributed by atoms with van der Waals surface area (Å²) in [5.41, 5.74) is 0.919. The highest BCUT2D eigenvalue weighted by molar-refractivity contribution is 5.43. The molecule has 0 atom stereocenters. The molecule has 0 saturated carbocycles. The molecule has 0 saturated heterocycles. The summed E-state index contributed by atoms with van der Waals surface area (Å²) in [6.45, 7) is 3.77. The van der Waals surface area contributed by atoms with Crippen molar-refractivity contribution in [2.45, 2.75) is 0 Å². The van der Waals surface area contributed by atoms with Crippen LogP contribution in [0.2, 0.25) is 0 Å². The van der Waals surface area contributed by atoms with Crippen LogP contribution in [0.5, 0.6) is 11.5 Å². The molecule has 2 heteroatoms. The van der Waals surface area contributed by atoms with Crippen molar-refractivity contribution in [2.75, 3.05) is 14.2 Å². The largest absolute Gasteiger partial charge is 0.506 e. The second kappa shape index (κ2) is 3.19. The van der Waals surface area contributed by atoms with Gasteiger partial charge in [-0.1, -0.05) is 6.07 Å². The van der Waals surface area contributed by atoms with Crippen LogP contribution in [0.3, 0.4) is 0 Å². The van der Waals surface area contributed by atoms with Gasteiger partial charge in [-0.3, -0.25) is 0 Å². The summed E-state index contributed by atoms with van der Waals surface area (Å²) >= 11 is 0. The Bertz CT molecular complexity index is 243. The summed E-state index contributed by atoms with van der Waals surface area (Å²) in [6, 6.07) is 5.54. The fourth-order valence-electron chi connectivity index (χ4n) is 0.881. The quantitative estimate of drug-likeness (QED) is 0.601. The van der Waals surface area contributed by atoms with Gasteiger partial charge in [0.15, 0.2) is 0 Å². The molecular weight excluding hydrogens is 140 g/mol. The van der Waals surface area contributed by atoms with Gasteiger partial charge >= 0.3 is 0 Å². The first-order valence-corrected chi connectivity index (χ1v) is 3.32. The highest BCUT2D eigenvalue weighted by Gasteiger charge is 1.95. The van der Waals surface area contributed by atoms with Crippen LogP contribution in [-0.2, 0) is 0 Å². The van der Waals surface area contributed by atoms with Crippen LogP contribution in [0.4, 0.5) is 0 Å². The van der Waals surface area contributed by atoms with Crippen molar-refractivity contribution in [3.8, 4) is 11.5 Å². The third-order valence-electron chi connectivity index (χ3n) is 1.45. The zero-order valence-electron chi connectivity index (χ0n) is 6.76. The van der Waals surface area contributed by atoms with Crippen molar-refractivity contribution in [2.24, 2.45) is 0 Å². The maximum atomic E-state index is 5.05. The van der Waals surface area contributed by atoms with Gasteiger partial charge in [0.1, 0.15) is 11.5 Å². The van der Waals surface area contributed by atoms with E-state index >= 15 is 0 Å². The lowest BCUT2D eigenvalue weighted by atomic mass is 10.2. The fourth-order valence-corrected chi connectivity index (χ4v) is 0.881. The zero-order chi connectivity index (χ0) is 8.27. The molecule has 0 heterocycles. The van der Waals surface area contributed by atoms with E-state index in [-0.39, 0.29) is 0 Å². The number of benzene rings is 1. The molecule has 0 unspecified atom stereocenters. The monoisotopic (exact) mass is 151 g/mol. The van der Waals surface area contributed by atoms with E-state index in [0.29, 0.717) is 0 Å². The number of hydrogen-bond acceptors (Lipinski definition) is 2. The second-order valence-corrected chi connectivity index (χ2v) is 2.19. The van der Waals surface area contributed by atoms with Gasteiger partial charge < -0.3 is 9.47 Å². The summed E-state index contributed by atoms with van der Waals surface area (Å²) in [4.78, 5) is 0. The lowest BCUT2D eigenvalue weighted by Crippen LogP contribution is -1.90. The Labute approximate surface area is 66.8 Å². The average molecular weight is 151 g/mol. The Balaban J connectivity index is 3.06. The van der Waals surface area contributed by atoms with Crippen molar-refractivity contribution in [1.82, 2.24) is 0 Å². The Hall–Kier alpha value is -1.31. The molecule has 0 amide bonds. The van der Waals surface area contributed by atoms with E-state index in [1.54, 1.807) is 14.2 Å². The summed E-state index contributed by atoms with van der Waals surface area (Å²) in [5.74, 6) is 1.46. The van der Waals surface area contributed by atoms with Crippen LogP contribution < -0.4 is 9.47 Å². The van der Waals surface area contributed by atoms with E-state index in [0.717, 1.165) is 17.1 Å². The van der Waals surface area contributed by atoms with Crippen LogP contribution in [0, 0.1) is 6.92 Å². The van der Waals surface area contributed by atoms with E-state index in [9.17, 15) is 0 Å². The van der Waals surface area contributed by atoms with Crippen molar-refractivity contribution in [3.05, 3.63) is 30.7 Å². The first-order valence-electron chi connectivity index (χ1n) is 3.32. The number of ether oxygens (including phenoxy) is 2. The standard InChI is InChI=1S/C9H11O2/c1-7-4-5-8(10-2)9(6-7)11-3/h4-6H,1H2,2-3H3/q-1. The van der Waals surface area contributed by atoms with E-state index in [2.05, 4.69) is 6.92 Å². The smallest absolute Gasteiger partial charge is 0.136 e. The first-order chi connectivity index (χ1) is 5.27. The summed E-state index contributed by atoms with van der Waals surface area (Å²) < 4.78 is 10.1. The van der Waals surface area contributed by atoms with Crippen molar-refractivity contribution in [3.63, 3.8) is 0 Å². The lowest BCUT2D eigenvalue weighted by Gasteiger charge is -2.11. The number of methoxy groups -OCH3 is 2. The molecule has 0 N–H and O–H groups in total. The van der Waals surface area contributed by atoms with Crippen LogP contribution in [0.15, 0.2) is 18.2 Å². The minimum atomic E-state index is 0.722. The Morgan fingerprint density at radius 3 is 2.27 bits per heavy atom. The van der Waals surface area contributed by atoms with Gasteiger partial charge in [-0.25, -0.2) is 0 Å². The third-order valence-corrected chi connectivity index (χ3v) is 1.45. The molecule has 0 aliphatic carbocycles. The molecule has 0 fully saturated rings.